The maximum atomic E-state index is 11.7. The zero-order chi connectivity index (χ0) is 13.9. The van der Waals surface area contributed by atoms with Crippen LogP contribution < -0.4 is 4.72 Å². The van der Waals surface area contributed by atoms with Gasteiger partial charge in [-0.15, -0.1) is 0 Å². The minimum atomic E-state index is -3.63. The molecule has 0 atom stereocenters. The van der Waals surface area contributed by atoms with E-state index in [0.717, 1.165) is 7.11 Å². The predicted molar refractivity (Wildman–Crippen MR) is 65.8 cm³/mol. The van der Waals surface area contributed by atoms with Crippen molar-refractivity contribution >= 4 is 16.0 Å². The molecule has 0 amide bonds. The summed E-state index contributed by atoms with van der Waals surface area (Å²) in [5.41, 5.74) is 0. The largest absolute Gasteiger partial charge is 0.468 e. The molecule has 19 heavy (non-hydrogen) atoms. The summed E-state index contributed by atoms with van der Waals surface area (Å²) in [5, 5.41) is 0. The molecule has 2 rings (SSSR count). The number of nitrogens with one attached hydrogen (secondary N) is 1. The molecule has 0 unspecified atom stereocenters. The van der Waals surface area contributed by atoms with E-state index in [1.54, 1.807) is 0 Å². The Morgan fingerprint density at radius 2 is 1.89 bits per heavy atom. The van der Waals surface area contributed by atoms with Gasteiger partial charge in [0.05, 0.1) is 20.3 Å². The standard InChI is InChI=1S/C11H19NO6S/c1-16-10(13)8-19(14,15)12-9-2-4-11(5-3-9)17-6-7-18-11/h9,12H,2-8H2,1H3. The molecule has 0 bridgehead atoms. The number of esters is 1. The van der Waals surface area contributed by atoms with Crippen molar-refractivity contribution in [1.82, 2.24) is 4.72 Å². The van der Waals surface area contributed by atoms with Gasteiger partial charge in [0.15, 0.2) is 11.5 Å². The van der Waals surface area contributed by atoms with E-state index in [0.29, 0.717) is 38.9 Å². The van der Waals surface area contributed by atoms with Crippen molar-refractivity contribution in [3.05, 3.63) is 0 Å². The Hall–Kier alpha value is -0.700. The van der Waals surface area contributed by atoms with Crippen LogP contribution in [0.1, 0.15) is 25.7 Å². The van der Waals surface area contributed by atoms with Crippen LogP contribution in [0.2, 0.25) is 0 Å². The van der Waals surface area contributed by atoms with Crippen LogP contribution in [0.5, 0.6) is 0 Å². The van der Waals surface area contributed by atoms with Gasteiger partial charge in [-0.3, -0.25) is 4.79 Å². The molecule has 1 heterocycles. The third kappa shape index (κ3) is 3.88. The molecule has 110 valence electrons. The molecule has 1 saturated heterocycles. The molecule has 0 aromatic heterocycles. The molecule has 2 aliphatic rings. The van der Waals surface area contributed by atoms with Gasteiger partial charge in [-0.05, 0) is 12.8 Å². The van der Waals surface area contributed by atoms with Gasteiger partial charge < -0.3 is 14.2 Å². The van der Waals surface area contributed by atoms with E-state index in [4.69, 9.17) is 9.47 Å². The first-order chi connectivity index (χ1) is 8.95. The Bertz CT molecular complexity index is 418. The predicted octanol–water partition coefficient (Wildman–Crippen LogP) is -0.235. The molecule has 7 nitrogen and oxygen atoms in total. The number of ether oxygens (including phenoxy) is 3. The van der Waals surface area contributed by atoms with Gasteiger partial charge in [0.2, 0.25) is 10.0 Å². The summed E-state index contributed by atoms with van der Waals surface area (Å²) in [6.07, 6.45) is 2.61. The van der Waals surface area contributed by atoms with E-state index in [2.05, 4.69) is 9.46 Å². The van der Waals surface area contributed by atoms with Gasteiger partial charge in [0, 0.05) is 18.9 Å². The molecule has 0 radical (unpaired) electrons. The van der Waals surface area contributed by atoms with E-state index in [1.807, 2.05) is 0 Å². The highest BCUT2D eigenvalue weighted by Gasteiger charge is 2.41. The lowest BCUT2D eigenvalue weighted by Crippen LogP contribution is -2.45. The number of sulfonamides is 1. The Morgan fingerprint density at radius 1 is 1.32 bits per heavy atom. The first-order valence-electron chi connectivity index (χ1n) is 6.29. The summed E-state index contributed by atoms with van der Waals surface area (Å²) in [6.45, 7) is 1.19. The van der Waals surface area contributed by atoms with Crippen LogP contribution in [-0.4, -0.2) is 52.3 Å². The Balaban J connectivity index is 1.83. The van der Waals surface area contributed by atoms with Crippen LogP contribution >= 0.6 is 0 Å². The number of rotatable bonds is 4. The normalized spacial score (nSPS) is 23.6. The van der Waals surface area contributed by atoms with Crippen molar-refractivity contribution in [3.8, 4) is 0 Å². The van der Waals surface area contributed by atoms with Crippen molar-refractivity contribution in [2.24, 2.45) is 0 Å². The average molecular weight is 293 g/mol. The van der Waals surface area contributed by atoms with E-state index in [1.165, 1.54) is 0 Å². The van der Waals surface area contributed by atoms with Crippen molar-refractivity contribution in [3.63, 3.8) is 0 Å². The maximum Gasteiger partial charge on any atom is 0.322 e. The molecule has 0 aromatic carbocycles. The second-order valence-corrected chi connectivity index (χ2v) is 6.59. The van der Waals surface area contributed by atoms with E-state index < -0.39 is 27.5 Å². The highest BCUT2D eigenvalue weighted by Crippen LogP contribution is 2.35. The molecule has 1 saturated carbocycles. The summed E-state index contributed by atoms with van der Waals surface area (Å²) in [6, 6.07) is -0.173. The number of hydrogen-bond donors (Lipinski definition) is 1. The smallest absolute Gasteiger partial charge is 0.322 e. The van der Waals surface area contributed by atoms with Gasteiger partial charge in [0.25, 0.3) is 0 Å². The van der Waals surface area contributed by atoms with Crippen LogP contribution in [0.3, 0.4) is 0 Å². The highest BCUT2D eigenvalue weighted by atomic mass is 32.2. The third-order valence-corrected chi connectivity index (χ3v) is 4.75. The van der Waals surface area contributed by atoms with Gasteiger partial charge in [-0.2, -0.15) is 0 Å². The monoisotopic (exact) mass is 293 g/mol. The van der Waals surface area contributed by atoms with Crippen LogP contribution in [0.4, 0.5) is 0 Å². The maximum absolute atomic E-state index is 11.7. The van der Waals surface area contributed by atoms with Crippen LogP contribution in [-0.2, 0) is 29.0 Å². The lowest BCUT2D eigenvalue weighted by molar-refractivity contribution is -0.178. The van der Waals surface area contributed by atoms with Crippen molar-refractivity contribution in [1.29, 1.82) is 0 Å². The second-order valence-electron chi connectivity index (χ2n) is 4.83. The van der Waals surface area contributed by atoms with Crippen molar-refractivity contribution in [2.75, 3.05) is 26.1 Å². The lowest BCUT2D eigenvalue weighted by atomic mass is 9.91. The molecule has 2 fully saturated rings. The number of hydrogen-bond acceptors (Lipinski definition) is 6. The van der Waals surface area contributed by atoms with E-state index in [-0.39, 0.29) is 6.04 Å². The Kier molecular flexibility index (Phi) is 4.44. The minimum absolute atomic E-state index is 0.173. The van der Waals surface area contributed by atoms with Gasteiger partial charge in [-0.1, -0.05) is 0 Å². The highest BCUT2D eigenvalue weighted by molar-refractivity contribution is 7.90. The second kappa shape index (κ2) is 5.74. The Labute approximate surface area is 112 Å². The van der Waals surface area contributed by atoms with Gasteiger partial charge >= 0.3 is 5.97 Å². The fraction of sp³-hybridized carbons (Fsp3) is 0.909. The van der Waals surface area contributed by atoms with Crippen LogP contribution in [0.25, 0.3) is 0 Å². The molecular formula is C11H19NO6S. The SMILES string of the molecule is COC(=O)CS(=O)(=O)NC1CCC2(CC1)OCCO2. The fourth-order valence-corrected chi connectivity index (χ4v) is 3.73. The minimum Gasteiger partial charge on any atom is -0.468 e. The molecule has 1 aliphatic heterocycles. The van der Waals surface area contributed by atoms with E-state index >= 15 is 0 Å². The summed E-state index contributed by atoms with van der Waals surface area (Å²) in [4.78, 5) is 11.0. The summed E-state index contributed by atoms with van der Waals surface area (Å²) in [7, 11) is -2.47. The Morgan fingerprint density at radius 3 is 2.42 bits per heavy atom. The quantitative estimate of drug-likeness (QED) is 0.720. The molecule has 1 spiro atoms. The topological polar surface area (TPSA) is 90.9 Å². The fourth-order valence-electron chi connectivity index (χ4n) is 2.47. The summed E-state index contributed by atoms with van der Waals surface area (Å²) in [5.74, 6) is -1.91. The number of carbonyl (C=O) groups excluding carboxylic acids is 1. The number of methoxy groups -OCH3 is 1. The van der Waals surface area contributed by atoms with Crippen molar-refractivity contribution < 1.29 is 27.4 Å². The van der Waals surface area contributed by atoms with Crippen molar-refractivity contribution in [2.45, 2.75) is 37.5 Å². The first-order valence-corrected chi connectivity index (χ1v) is 7.95. The summed E-state index contributed by atoms with van der Waals surface area (Å²) >= 11 is 0. The van der Waals surface area contributed by atoms with Gasteiger partial charge in [0.1, 0.15) is 0 Å². The van der Waals surface area contributed by atoms with E-state index in [9.17, 15) is 13.2 Å². The third-order valence-electron chi connectivity index (χ3n) is 3.44. The summed E-state index contributed by atoms with van der Waals surface area (Å²) < 4.78 is 41.4. The number of carbonyl (C=O) groups is 1. The average Bonchev–Trinajstić information content (AvgIpc) is 2.80. The zero-order valence-corrected chi connectivity index (χ0v) is 11.7. The van der Waals surface area contributed by atoms with Crippen LogP contribution in [0, 0.1) is 0 Å². The first kappa shape index (κ1) is 14.7. The van der Waals surface area contributed by atoms with Crippen LogP contribution in [0.15, 0.2) is 0 Å². The molecule has 1 aliphatic carbocycles. The molecule has 8 heteroatoms. The van der Waals surface area contributed by atoms with Gasteiger partial charge in [-0.25, -0.2) is 13.1 Å². The molecular weight excluding hydrogens is 274 g/mol. The molecule has 1 N–H and O–H groups in total. The lowest BCUT2D eigenvalue weighted by Gasteiger charge is -2.35. The zero-order valence-electron chi connectivity index (χ0n) is 10.9. The molecule has 0 aromatic rings.